The van der Waals surface area contributed by atoms with Gasteiger partial charge in [-0.15, -0.1) is 0 Å². The quantitative estimate of drug-likeness (QED) is 0.792. The topological polar surface area (TPSA) is 42.9 Å². The summed E-state index contributed by atoms with van der Waals surface area (Å²) in [4.78, 5) is 18.8. The van der Waals surface area contributed by atoms with Gasteiger partial charge in [0.25, 0.3) is 0 Å². The summed E-state index contributed by atoms with van der Waals surface area (Å²) in [7, 11) is 0. The van der Waals surface area contributed by atoms with Gasteiger partial charge in [0.05, 0.1) is 5.56 Å². The van der Waals surface area contributed by atoms with E-state index in [1.165, 1.54) is 12.4 Å². The Labute approximate surface area is 102 Å². The number of halogens is 1. The van der Waals surface area contributed by atoms with Crippen LogP contribution in [-0.4, -0.2) is 16.3 Å². The van der Waals surface area contributed by atoms with Crippen LogP contribution in [0.2, 0.25) is 0 Å². The van der Waals surface area contributed by atoms with E-state index in [1.807, 2.05) is 25.1 Å². The first kappa shape index (κ1) is 11.0. The molecule has 3 nitrogen and oxygen atoms in total. The third kappa shape index (κ3) is 2.17. The fourth-order valence-electron chi connectivity index (χ4n) is 1.42. The average Bonchev–Trinajstić information content (AvgIpc) is 2.29. The van der Waals surface area contributed by atoms with E-state index in [2.05, 4.69) is 25.9 Å². The van der Waals surface area contributed by atoms with Crippen molar-refractivity contribution in [3.8, 4) is 11.4 Å². The lowest BCUT2D eigenvalue weighted by atomic mass is 10.1. The minimum atomic E-state index is 0.485. The molecule has 16 heavy (non-hydrogen) atoms. The van der Waals surface area contributed by atoms with E-state index in [0.717, 1.165) is 21.9 Å². The largest absolute Gasteiger partial charge is 0.298 e. The number of carbonyl (C=O) groups excluding carboxylic acids is 1. The normalized spacial score (nSPS) is 10.1. The van der Waals surface area contributed by atoms with Crippen molar-refractivity contribution in [2.24, 2.45) is 0 Å². The minimum absolute atomic E-state index is 0.485. The second-order valence-corrected chi connectivity index (χ2v) is 4.33. The maximum absolute atomic E-state index is 10.5. The minimum Gasteiger partial charge on any atom is -0.298 e. The van der Waals surface area contributed by atoms with Crippen LogP contribution < -0.4 is 0 Å². The molecule has 0 amide bonds. The fourth-order valence-corrected chi connectivity index (χ4v) is 1.89. The first-order valence-corrected chi connectivity index (χ1v) is 5.54. The van der Waals surface area contributed by atoms with E-state index in [0.29, 0.717) is 11.4 Å². The molecular formula is C12H9BrN2O. The standard InChI is InChI=1S/C12H9BrN2O/c1-8-4-10(13)2-3-11(8)12-14-5-9(7-16)6-15-12/h2-7H,1H3. The molecule has 1 aromatic heterocycles. The number of benzene rings is 1. The molecule has 0 bridgehead atoms. The second-order valence-electron chi connectivity index (χ2n) is 3.42. The van der Waals surface area contributed by atoms with Crippen molar-refractivity contribution < 1.29 is 4.79 Å². The van der Waals surface area contributed by atoms with Crippen molar-refractivity contribution in [3.63, 3.8) is 0 Å². The molecule has 80 valence electrons. The lowest BCUT2D eigenvalue weighted by molar-refractivity contribution is 0.112. The summed E-state index contributed by atoms with van der Waals surface area (Å²) in [5, 5.41) is 0. The van der Waals surface area contributed by atoms with Crippen molar-refractivity contribution >= 4 is 22.2 Å². The van der Waals surface area contributed by atoms with Gasteiger partial charge in [0.2, 0.25) is 0 Å². The van der Waals surface area contributed by atoms with Gasteiger partial charge in [-0.2, -0.15) is 0 Å². The zero-order chi connectivity index (χ0) is 11.5. The average molecular weight is 277 g/mol. The third-order valence-corrected chi connectivity index (χ3v) is 2.73. The first-order valence-electron chi connectivity index (χ1n) is 4.74. The van der Waals surface area contributed by atoms with Gasteiger partial charge in [-0.3, -0.25) is 4.79 Å². The Morgan fingerprint density at radius 2 is 1.94 bits per heavy atom. The lowest BCUT2D eigenvalue weighted by Crippen LogP contribution is -1.93. The summed E-state index contributed by atoms with van der Waals surface area (Å²) in [5.41, 5.74) is 2.55. The predicted molar refractivity (Wildman–Crippen MR) is 65.3 cm³/mol. The molecule has 2 rings (SSSR count). The Morgan fingerprint density at radius 1 is 1.25 bits per heavy atom. The number of aryl methyl sites for hydroxylation is 1. The van der Waals surface area contributed by atoms with Gasteiger partial charge in [0.15, 0.2) is 12.1 Å². The van der Waals surface area contributed by atoms with E-state index in [4.69, 9.17) is 0 Å². The van der Waals surface area contributed by atoms with Gasteiger partial charge in [-0.25, -0.2) is 9.97 Å². The lowest BCUT2D eigenvalue weighted by Gasteiger charge is -2.04. The monoisotopic (exact) mass is 276 g/mol. The van der Waals surface area contributed by atoms with Crippen LogP contribution in [0.25, 0.3) is 11.4 Å². The van der Waals surface area contributed by atoms with Gasteiger partial charge in [0, 0.05) is 22.4 Å². The number of hydrogen-bond donors (Lipinski definition) is 0. The van der Waals surface area contributed by atoms with Crippen LogP contribution in [0.5, 0.6) is 0 Å². The van der Waals surface area contributed by atoms with E-state index in [1.54, 1.807) is 0 Å². The molecule has 0 saturated carbocycles. The third-order valence-electron chi connectivity index (χ3n) is 2.24. The highest BCUT2D eigenvalue weighted by molar-refractivity contribution is 9.10. The van der Waals surface area contributed by atoms with E-state index in [9.17, 15) is 4.79 Å². The molecule has 0 aliphatic rings. The number of carbonyl (C=O) groups is 1. The molecule has 4 heteroatoms. The molecule has 0 atom stereocenters. The Kier molecular flexibility index (Phi) is 3.10. The van der Waals surface area contributed by atoms with E-state index in [-0.39, 0.29) is 0 Å². The number of aldehydes is 1. The van der Waals surface area contributed by atoms with Crippen molar-refractivity contribution in [2.45, 2.75) is 6.92 Å². The van der Waals surface area contributed by atoms with Crippen molar-refractivity contribution in [1.29, 1.82) is 0 Å². The van der Waals surface area contributed by atoms with Crippen LogP contribution in [0.4, 0.5) is 0 Å². The molecule has 0 aliphatic carbocycles. The molecule has 0 spiro atoms. The van der Waals surface area contributed by atoms with E-state index < -0.39 is 0 Å². The molecule has 2 aromatic rings. The van der Waals surface area contributed by atoms with Crippen molar-refractivity contribution in [3.05, 3.63) is 46.2 Å². The highest BCUT2D eigenvalue weighted by atomic mass is 79.9. The van der Waals surface area contributed by atoms with Gasteiger partial charge >= 0.3 is 0 Å². The summed E-state index contributed by atoms with van der Waals surface area (Å²) in [6.07, 6.45) is 3.78. The van der Waals surface area contributed by atoms with Crippen LogP contribution in [0.1, 0.15) is 15.9 Å². The molecule has 0 saturated heterocycles. The Bertz CT molecular complexity index is 523. The highest BCUT2D eigenvalue weighted by Gasteiger charge is 2.05. The highest BCUT2D eigenvalue weighted by Crippen LogP contribution is 2.22. The van der Waals surface area contributed by atoms with Crippen LogP contribution in [0.15, 0.2) is 35.1 Å². The van der Waals surface area contributed by atoms with Gasteiger partial charge < -0.3 is 0 Å². The predicted octanol–water partition coefficient (Wildman–Crippen LogP) is 3.03. The van der Waals surface area contributed by atoms with Crippen molar-refractivity contribution in [1.82, 2.24) is 9.97 Å². The maximum Gasteiger partial charge on any atom is 0.159 e. The zero-order valence-electron chi connectivity index (χ0n) is 8.64. The number of aromatic nitrogens is 2. The molecule has 0 aliphatic heterocycles. The maximum atomic E-state index is 10.5. The zero-order valence-corrected chi connectivity index (χ0v) is 10.2. The SMILES string of the molecule is Cc1cc(Br)ccc1-c1ncc(C=O)cn1. The molecule has 1 heterocycles. The molecule has 0 unspecified atom stereocenters. The van der Waals surface area contributed by atoms with E-state index >= 15 is 0 Å². The Morgan fingerprint density at radius 3 is 2.50 bits per heavy atom. The molecule has 0 radical (unpaired) electrons. The van der Waals surface area contributed by atoms with Crippen LogP contribution in [0.3, 0.4) is 0 Å². The summed E-state index contributed by atoms with van der Waals surface area (Å²) >= 11 is 3.40. The summed E-state index contributed by atoms with van der Waals surface area (Å²) in [6.45, 7) is 2.00. The smallest absolute Gasteiger partial charge is 0.159 e. The Balaban J connectivity index is 2.46. The summed E-state index contributed by atoms with van der Waals surface area (Å²) < 4.78 is 1.03. The fraction of sp³-hybridized carbons (Fsp3) is 0.0833. The molecular weight excluding hydrogens is 268 g/mol. The van der Waals surface area contributed by atoms with Crippen LogP contribution in [0, 0.1) is 6.92 Å². The number of nitrogens with zero attached hydrogens (tertiary/aromatic N) is 2. The summed E-state index contributed by atoms with van der Waals surface area (Å²) in [5.74, 6) is 0.635. The van der Waals surface area contributed by atoms with Crippen LogP contribution in [-0.2, 0) is 0 Å². The number of rotatable bonds is 2. The number of hydrogen-bond acceptors (Lipinski definition) is 3. The molecule has 0 fully saturated rings. The van der Waals surface area contributed by atoms with Gasteiger partial charge in [-0.05, 0) is 30.7 Å². The van der Waals surface area contributed by atoms with Crippen molar-refractivity contribution in [2.75, 3.05) is 0 Å². The molecule has 0 N–H and O–H groups in total. The summed E-state index contributed by atoms with van der Waals surface area (Å²) in [6, 6.07) is 5.90. The first-order chi connectivity index (χ1) is 7.70. The Hall–Kier alpha value is -1.55. The van der Waals surface area contributed by atoms with Gasteiger partial charge in [0.1, 0.15) is 0 Å². The second kappa shape index (κ2) is 4.53. The van der Waals surface area contributed by atoms with Crippen LogP contribution >= 0.6 is 15.9 Å². The van der Waals surface area contributed by atoms with Gasteiger partial charge in [-0.1, -0.05) is 15.9 Å². The molecule has 1 aromatic carbocycles.